The number of pyridine rings is 1. The third kappa shape index (κ3) is 5.33. The van der Waals surface area contributed by atoms with E-state index in [1.165, 1.54) is 4.90 Å². The predicted octanol–water partition coefficient (Wildman–Crippen LogP) is 4.73. The second-order valence-corrected chi connectivity index (χ2v) is 8.88. The third-order valence-corrected chi connectivity index (χ3v) is 6.44. The van der Waals surface area contributed by atoms with Crippen LogP contribution in [0.1, 0.15) is 12.0 Å². The van der Waals surface area contributed by atoms with Gasteiger partial charge in [-0.2, -0.15) is 0 Å². The number of carboxylic acid groups (broad SMARTS) is 1. The second kappa shape index (κ2) is 10.6. The number of carbonyl (C=O) groups is 2. The number of benzene rings is 3. The lowest BCUT2D eigenvalue weighted by atomic mass is 10.1. The minimum Gasteiger partial charge on any atom is -0.497 e. The van der Waals surface area contributed by atoms with Crippen LogP contribution in [0.25, 0.3) is 22.2 Å². The van der Waals surface area contributed by atoms with E-state index >= 15 is 0 Å². The number of nitrogens with zero attached hydrogens (tertiary/aromatic N) is 2. The van der Waals surface area contributed by atoms with Gasteiger partial charge in [0.15, 0.2) is 0 Å². The molecular formula is C29H27N3O5. The highest BCUT2D eigenvalue weighted by molar-refractivity contribution is 5.89. The van der Waals surface area contributed by atoms with E-state index in [0.29, 0.717) is 23.6 Å². The summed E-state index contributed by atoms with van der Waals surface area (Å²) in [5.41, 5.74) is 3.28. The van der Waals surface area contributed by atoms with Gasteiger partial charge in [-0.1, -0.05) is 60.7 Å². The maximum Gasteiger partial charge on any atom is 0.326 e. The van der Waals surface area contributed by atoms with E-state index in [0.717, 1.165) is 22.2 Å². The van der Waals surface area contributed by atoms with E-state index in [1.54, 1.807) is 7.11 Å². The monoisotopic (exact) mass is 497 g/mol. The molecule has 0 saturated carbocycles. The van der Waals surface area contributed by atoms with Gasteiger partial charge in [-0.05, 0) is 17.7 Å². The fourth-order valence-electron chi connectivity index (χ4n) is 4.55. The molecule has 1 aromatic heterocycles. The molecule has 1 aliphatic heterocycles. The molecule has 3 aromatic carbocycles. The van der Waals surface area contributed by atoms with Crippen LogP contribution in [-0.4, -0.2) is 52.8 Å². The number of nitrogens with one attached hydrogen (secondary N) is 1. The maximum absolute atomic E-state index is 12.9. The number of urea groups is 1. The molecule has 1 unspecified atom stereocenters. The average Bonchev–Trinajstić information content (AvgIpc) is 3.36. The van der Waals surface area contributed by atoms with Gasteiger partial charge in [0, 0.05) is 36.0 Å². The molecule has 188 valence electrons. The Kier molecular flexibility index (Phi) is 6.89. The summed E-state index contributed by atoms with van der Waals surface area (Å²) in [4.78, 5) is 31.1. The van der Waals surface area contributed by atoms with Crippen molar-refractivity contribution in [1.82, 2.24) is 15.2 Å². The average molecular weight is 498 g/mol. The van der Waals surface area contributed by atoms with E-state index < -0.39 is 24.1 Å². The molecule has 0 spiro atoms. The van der Waals surface area contributed by atoms with Crippen molar-refractivity contribution in [2.24, 2.45) is 0 Å². The molecule has 0 radical (unpaired) electrons. The number of hydrogen-bond donors (Lipinski definition) is 2. The largest absolute Gasteiger partial charge is 0.497 e. The van der Waals surface area contributed by atoms with Crippen molar-refractivity contribution in [2.45, 2.75) is 25.1 Å². The van der Waals surface area contributed by atoms with Crippen LogP contribution in [0.3, 0.4) is 0 Å². The number of rotatable bonds is 7. The first-order chi connectivity index (χ1) is 18.0. The third-order valence-electron chi connectivity index (χ3n) is 6.44. The van der Waals surface area contributed by atoms with Gasteiger partial charge in [-0.25, -0.2) is 14.6 Å². The molecule has 1 aliphatic rings. The van der Waals surface area contributed by atoms with Crippen LogP contribution in [0.15, 0.2) is 84.9 Å². The van der Waals surface area contributed by atoms with Gasteiger partial charge in [0.25, 0.3) is 0 Å². The van der Waals surface area contributed by atoms with Crippen LogP contribution in [-0.2, 0) is 11.3 Å². The van der Waals surface area contributed by atoms with Crippen LogP contribution < -0.4 is 14.8 Å². The first-order valence-corrected chi connectivity index (χ1v) is 12.0. The summed E-state index contributed by atoms with van der Waals surface area (Å²) < 4.78 is 11.8. The summed E-state index contributed by atoms with van der Waals surface area (Å²) in [5, 5.41) is 13.4. The minimum atomic E-state index is -1.06. The van der Waals surface area contributed by atoms with Crippen molar-refractivity contribution in [3.8, 4) is 22.8 Å². The molecule has 2 atom stereocenters. The smallest absolute Gasteiger partial charge is 0.326 e. The molecule has 8 heteroatoms. The lowest BCUT2D eigenvalue weighted by Crippen LogP contribution is -2.46. The minimum absolute atomic E-state index is 0.151. The predicted molar refractivity (Wildman–Crippen MR) is 140 cm³/mol. The first kappa shape index (κ1) is 24.1. The van der Waals surface area contributed by atoms with Crippen LogP contribution in [0.4, 0.5) is 4.79 Å². The van der Waals surface area contributed by atoms with Gasteiger partial charge in [0.1, 0.15) is 23.6 Å². The molecule has 0 bridgehead atoms. The van der Waals surface area contributed by atoms with Crippen molar-refractivity contribution in [3.05, 3.63) is 90.5 Å². The Morgan fingerprint density at radius 3 is 2.46 bits per heavy atom. The molecular weight excluding hydrogens is 470 g/mol. The van der Waals surface area contributed by atoms with Crippen molar-refractivity contribution in [1.29, 1.82) is 0 Å². The van der Waals surface area contributed by atoms with Crippen molar-refractivity contribution in [2.75, 3.05) is 13.7 Å². The van der Waals surface area contributed by atoms with Crippen molar-refractivity contribution in [3.63, 3.8) is 0 Å². The number of amides is 2. The Bertz CT molecular complexity index is 1410. The summed E-state index contributed by atoms with van der Waals surface area (Å²) in [6.45, 7) is 0.462. The lowest BCUT2D eigenvalue weighted by Gasteiger charge is -2.22. The number of aliphatic carboxylic acids is 1. The van der Waals surface area contributed by atoms with Crippen molar-refractivity contribution < 1.29 is 24.2 Å². The summed E-state index contributed by atoms with van der Waals surface area (Å²) in [6, 6.07) is 25.2. The fraction of sp³-hybridized carbons (Fsp3) is 0.207. The molecule has 2 N–H and O–H groups in total. The molecule has 0 aliphatic carbocycles. The van der Waals surface area contributed by atoms with E-state index in [-0.39, 0.29) is 13.0 Å². The number of fused-ring (bicyclic) bond motifs is 1. The standard InChI is InChI=1S/C29H27N3O5/c1-36-21-12-13-23-25(14-21)31-24(20-10-6-3-7-11-20)16-27(23)37-22-15-26(28(33)34)32(18-22)29(35)30-17-19-8-4-2-5-9-19/h2-14,16,22,26H,15,17-18H2,1H3,(H,30,35)(H,33,34)/t22?,26-/m0/s1. The Labute approximate surface area is 214 Å². The van der Waals surface area contributed by atoms with Crippen LogP contribution >= 0.6 is 0 Å². The Morgan fingerprint density at radius 1 is 1.03 bits per heavy atom. The van der Waals surface area contributed by atoms with Gasteiger partial charge in [-0.15, -0.1) is 0 Å². The molecule has 37 heavy (non-hydrogen) atoms. The molecule has 4 aromatic rings. The van der Waals surface area contributed by atoms with Gasteiger partial charge < -0.3 is 24.8 Å². The molecule has 2 heterocycles. The Morgan fingerprint density at radius 2 is 1.76 bits per heavy atom. The number of aromatic nitrogens is 1. The maximum atomic E-state index is 12.9. The van der Waals surface area contributed by atoms with Crippen molar-refractivity contribution >= 4 is 22.9 Å². The topological polar surface area (TPSA) is 101 Å². The van der Waals surface area contributed by atoms with Crippen LogP contribution in [0, 0.1) is 0 Å². The zero-order valence-corrected chi connectivity index (χ0v) is 20.3. The molecule has 2 amide bonds. The molecule has 1 fully saturated rings. The lowest BCUT2D eigenvalue weighted by molar-refractivity contribution is -0.141. The quantitative estimate of drug-likeness (QED) is 0.383. The summed E-state index contributed by atoms with van der Waals surface area (Å²) in [7, 11) is 1.60. The summed E-state index contributed by atoms with van der Waals surface area (Å²) in [5.74, 6) is 0.187. The van der Waals surface area contributed by atoms with E-state index in [1.807, 2.05) is 84.9 Å². The number of ether oxygens (including phenoxy) is 2. The number of hydrogen-bond acceptors (Lipinski definition) is 5. The molecule has 8 nitrogen and oxygen atoms in total. The van der Waals surface area contributed by atoms with E-state index in [4.69, 9.17) is 14.5 Å². The van der Waals surface area contributed by atoms with E-state index in [2.05, 4.69) is 5.32 Å². The van der Waals surface area contributed by atoms with E-state index in [9.17, 15) is 14.7 Å². The fourth-order valence-corrected chi connectivity index (χ4v) is 4.55. The number of likely N-dealkylation sites (tertiary alicyclic amines) is 1. The number of methoxy groups -OCH3 is 1. The second-order valence-electron chi connectivity index (χ2n) is 8.88. The zero-order valence-electron chi connectivity index (χ0n) is 20.3. The van der Waals surface area contributed by atoms with Gasteiger partial charge >= 0.3 is 12.0 Å². The SMILES string of the molecule is COc1ccc2c(OC3C[C@@H](C(=O)O)N(C(=O)NCc4ccccc4)C3)cc(-c3ccccc3)nc2c1. The van der Waals surface area contributed by atoms with Gasteiger partial charge in [0.2, 0.25) is 0 Å². The van der Waals surface area contributed by atoms with Gasteiger partial charge in [0.05, 0.1) is 24.9 Å². The summed E-state index contributed by atoms with van der Waals surface area (Å²) >= 11 is 0. The van der Waals surface area contributed by atoms with Gasteiger partial charge in [-0.3, -0.25) is 0 Å². The normalized spacial score (nSPS) is 16.9. The molecule has 1 saturated heterocycles. The van der Waals surface area contributed by atoms with Crippen LogP contribution in [0.5, 0.6) is 11.5 Å². The number of carbonyl (C=O) groups excluding carboxylic acids is 1. The zero-order chi connectivity index (χ0) is 25.8. The highest BCUT2D eigenvalue weighted by atomic mass is 16.5. The number of carboxylic acids is 1. The highest BCUT2D eigenvalue weighted by Gasteiger charge is 2.41. The first-order valence-electron chi connectivity index (χ1n) is 12.0. The highest BCUT2D eigenvalue weighted by Crippen LogP contribution is 2.34. The molecule has 5 rings (SSSR count). The van der Waals surface area contributed by atoms with Crippen LogP contribution in [0.2, 0.25) is 0 Å². The Balaban J connectivity index is 1.40. The summed E-state index contributed by atoms with van der Waals surface area (Å²) in [6.07, 6.45) is -0.325. The Hall–Kier alpha value is -4.59.